The molecule has 2 aliphatic rings. The number of imidazole rings is 2. The lowest BCUT2D eigenvalue weighted by molar-refractivity contribution is -0.105. The number of aromatic nitrogens is 8. The van der Waals surface area contributed by atoms with Crippen LogP contribution in [0, 0.1) is 5.92 Å². The Kier molecular flexibility index (Phi) is 11.4. The molecule has 2 saturated heterocycles. The lowest BCUT2D eigenvalue weighted by Gasteiger charge is -2.36. The van der Waals surface area contributed by atoms with Gasteiger partial charge in [0.15, 0.2) is 40.0 Å². The van der Waals surface area contributed by atoms with Gasteiger partial charge in [0, 0.05) is 18.8 Å². The third kappa shape index (κ3) is 6.96. The van der Waals surface area contributed by atoms with Crippen molar-refractivity contribution in [1.29, 1.82) is 0 Å². The lowest BCUT2D eigenvalue weighted by atomic mass is 9.82. The number of aliphatic hydroxyl groups excluding tert-OH is 2. The molecule has 2 fully saturated rings. The van der Waals surface area contributed by atoms with Gasteiger partial charge in [0.1, 0.15) is 23.3 Å². The van der Waals surface area contributed by atoms with Crippen molar-refractivity contribution in [2.75, 3.05) is 25.2 Å². The predicted molar refractivity (Wildman–Crippen MR) is 201 cm³/mol. The number of methoxy groups -OCH3 is 1. The number of esters is 1. The summed E-state index contributed by atoms with van der Waals surface area (Å²) in [6, 6.07) is 8.87. The van der Waals surface area contributed by atoms with Crippen LogP contribution in [0.5, 0.6) is 5.88 Å². The second-order valence-corrected chi connectivity index (χ2v) is 13.5. The van der Waals surface area contributed by atoms with E-state index < -0.39 is 48.4 Å². The third-order valence-electron chi connectivity index (χ3n) is 9.96. The lowest BCUT2D eigenvalue weighted by Crippen LogP contribution is -2.46. The number of halogens is 1. The summed E-state index contributed by atoms with van der Waals surface area (Å²) in [4.78, 5) is 38.0. The van der Waals surface area contributed by atoms with Gasteiger partial charge in [-0.1, -0.05) is 55.8 Å². The zero-order valence-corrected chi connectivity index (χ0v) is 31.2. The van der Waals surface area contributed by atoms with E-state index in [1.807, 2.05) is 19.9 Å². The Hall–Kier alpha value is -5.24. The van der Waals surface area contributed by atoms with Gasteiger partial charge in [0.25, 0.3) is 0 Å². The molecule has 1 aromatic carbocycles. The molecule has 2 aliphatic heterocycles. The van der Waals surface area contributed by atoms with E-state index in [0.717, 1.165) is 6.42 Å². The molecule has 55 heavy (non-hydrogen) atoms. The van der Waals surface area contributed by atoms with Crippen molar-refractivity contribution in [2.24, 2.45) is 5.92 Å². The molecule has 4 aromatic heterocycles. The second-order valence-electron chi connectivity index (χ2n) is 13.2. The Morgan fingerprint density at radius 2 is 1.56 bits per heavy atom. The van der Waals surface area contributed by atoms with Crippen LogP contribution in [0.15, 0.2) is 68.3 Å². The molecule has 18 nitrogen and oxygen atoms in total. The van der Waals surface area contributed by atoms with E-state index in [1.54, 1.807) is 41.2 Å². The van der Waals surface area contributed by atoms with E-state index in [1.165, 1.54) is 24.1 Å². The van der Waals surface area contributed by atoms with Crippen LogP contribution < -0.4 is 16.2 Å². The zero-order valence-electron chi connectivity index (χ0n) is 30.4. The number of anilines is 2. The fraction of sp³-hybridized carbons (Fsp3) is 0.417. The smallest absolute Gasteiger partial charge is 0.338 e. The number of fused-ring (bicyclic) bond motifs is 2. The average Bonchev–Trinajstić information content (AvgIpc) is 3.91. The molecule has 0 amide bonds. The highest BCUT2D eigenvalue weighted by molar-refractivity contribution is 6.33. The van der Waals surface area contributed by atoms with Crippen LogP contribution in [0.3, 0.4) is 0 Å². The fourth-order valence-electron chi connectivity index (χ4n) is 7.21. The number of nitrogen functional groups attached to an aromatic ring is 2. The average molecular weight is 779 g/mol. The maximum Gasteiger partial charge on any atom is 0.338 e. The minimum absolute atomic E-state index is 0.0212. The number of rotatable bonds is 11. The van der Waals surface area contributed by atoms with Gasteiger partial charge >= 0.3 is 5.97 Å². The van der Waals surface area contributed by atoms with Crippen LogP contribution in [-0.4, -0.2) is 104 Å². The quantitative estimate of drug-likeness (QED) is 0.0733. The molecule has 292 valence electrons. The van der Waals surface area contributed by atoms with E-state index in [9.17, 15) is 20.1 Å². The Bertz CT molecular complexity index is 2190. The number of nitrogens with zero attached hydrogens (tertiary/aromatic N) is 8. The number of carbonyl (C=O) groups is 1. The van der Waals surface area contributed by atoms with Crippen LogP contribution in [0.1, 0.15) is 55.9 Å². The summed E-state index contributed by atoms with van der Waals surface area (Å²) in [5.41, 5.74) is 10.6. The van der Waals surface area contributed by atoms with E-state index in [4.69, 9.17) is 42.0 Å². The summed E-state index contributed by atoms with van der Waals surface area (Å²) in [6.45, 7) is 11.1. The van der Waals surface area contributed by atoms with Crippen molar-refractivity contribution in [1.82, 2.24) is 39.0 Å². The summed E-state index contributed by atoms with van der Waals surface area (Å²) in [7, 11) is 1.42. The van der Waals surface area contributed by atoms with Crippen molar-refractivity contribution in [3.05, 3.63) is 79.0 Å². The van der Waals surface area contributed by atoms with E-state index in [2.05, 4.69) is 43.1 Å². The van der Waals surface area contributed by atoms with Gasteiger partial charge in [-0.15, -0.1) is 13.2 Å². The first-order chi connectivity index (χ1) is 26.4. The number of ether oxygens (including phenoxy) is 4. The first kappa shape index (κ1) is 39.5. The molecule has 19 heteroatoms. The van der Waals surface area contributed by atoms with Gasteiger partial charge in [-0.3, -0.25) is 9.13 Å². The maximum absolute atomic E-state index is 13.1. The molecule has 4 unspecified atom stereocenters. The zero-order chi connectivity index (χ0) is 39.7. The Morgan fingerprint density at radius 3 is 2.18 bits per heavy atom. The molecular weight excluding hydrogens is 736 g/mol. The maximum atomic E-state index is 13.1. The summed E-state index contributed by atoms with van der Waals surface area (Å²) < 4.78 is 26.6. The Balaban J connectivity index is 0.000000193. The van der Waals surface area contributed by atoms with Crippen LogP contribution in [0.2, 0.25) is 5.15 Å². The van der Waals surface area contributed by atoms with Gasteiger partial charge in [-0.05, 0) is 18.6 Å². The second kappa shape index (κ2) is 15.9. The number of nitrogens with two attached hydrogens (primary N) is 2. The normalized spacial score (nSPS) is 27.5. The van der Waals surface area contributed by atoms with Crippen LogP contribution in [0.4, 0.5) is 11.9 Å². The van der Waals surface area contributed by atoms with Crippen LogP contribution >= 0.6 is 11.6 Å². The summed E-state index contributed by atoms with van der Waals surface area (Å²) >= 11 is 6.21. The van der Waals surface area contributed by atoms with Gasteiger partial charge in [-0.25, -0.2) is 14.8 Å². The molecule has 6 heterocycles. The van der Waals surface area contributed by atoms with Crippen molar-refractivity contribution < 1.29 is 39.1 Å². The molecule has 0 bridgehead atoms. The van der Waals surface area contributed by atoms with Gasteiger partial charge in [0.2, 0.25) is 17.8 Å². The molecular formula is C36H43ClN10O8. The molecule has 0 aliphatic carbocycles. The molecule has 0 radical (unpaired) electrons. The number of hydrogen-bond acceptors (Lipinski definition) is 16. The first-order valence-electron chi connectivity index (χ1n) is 17.4. The van der Waals surface area contributed by atoms with E-state index in [0.29, 0.717) is 28.7 Å². The van der Waals surface area contributed by atoms with E-state index in [-0.39, 0.29) is 47.0 Å². The molecule has 0 spiro atoms. The summed E-state index contributed by atoms with van der Waals surface area (Å²) in [5, 5.41) is 30.8. The first-order valence-corrected chi connectivity index (χ1v) is 17.8. The summed E-state index contributed by atoms with van der Waals surface area (Å²) in [5.74, 6) is -0.393. The van der Waals surface area contributed by atoms with Crippen molar-refractivity contribution >= 4 is 51.8 Å². The fourth-order valence-corrected chi connectivity index (χ4v) is 7.43. The molecule has 7 rings (SSSR count). The number of benzene rings is 1. The molecule has 5 aromatic rings. The standard InChI is InChI=1S/C22H24ClN5O3.C14H19N5O5/c1-4-11-22(31-19(29)14-9-7-6-8-10-14)13(3)15(5-2)30-20(22)28-12-25-16-17(23)26-21(24)27-18(16)28;1-3-4-14(22)9(21)7(5-20)24-12(14)19-6-16-8-10(19)17-13(15)18-11(8)23-2/h4,6-10,12-13,15,20H,1,5,11H2,2-3H3,(H2,24,26,27);3,6-7,9,12,20-22H,1,4-5H2,2H3,(H2,15,17,18)/t13-,15?,20?,22-;7?,9-,12?,14-/m11/s1. The van der Waals surface area contributed by atoms with E-state index >= 15 is 0 Å². The highest BCUT2D eigenvalue weighted by atomic mass is 35.5. The third-order valence-corrected chi connectivity index (χ3v) is 10.2. The highest BCUT2D eigenvalue weighted by Crippen LogP contribution is 2.50. The molecule has 7 N–H and O–H groups in total. The largest absolute Gasteiger partial charge is 0.479 e. The van der Waals surface area contributed by atoms with Crippen LogP contribution in [-0.2, 0) is 14.2 Å². The SMILES string of the molecule is C=CC[C@]1(O)C(n2cnc3c(OC)nc(N)nc32)OC(CO)[C@H]1O.C=CC[C@]1(OC(=O)c2ccccc2)C(n2cnc3c(Cl)nc(N)nc32)OC(CC)[C@H]1C. The van der Waals surface area contributed by atoms with Crippen LogP contribution in [0.25, 0.3) is 22.3 Å². The van der Waals surface area contributed by atoms with Crippen molar-refractivity contribution in [2.45, 2.75) is 75.1 Å². The van der Waals surface area contributed by atoms with Gasteiger partial charge < -0.3 is 45.7 Å². The summed E-state index contributed by atoms with van der Waals surface area (Å²) in [6.07, 6.45) is 3.11. The number of aliphatic hydroxyl groups is 3. The Morgan fingerprint density at radius 1 is 0.964 bits per heavy atom. The topological polar surface area (TPSA) is 254 Å². The van der Waals surface area contributed by atoms with Crippen molar-refractivity contribution in [3.63, 3.8) is 0 Å². The monoisotopic (exact) mass is 778 g/mol. The molecule has 8 atom stereocenters. The minimum atomic E-state index is -1.71. The predicted octanol–water partition coefficient (Wildman–Crippen LogP) is 3.15. The Labute approximate surface area is 320 Å². The molecule has 0 saturated carbocycles. The van der Waals surface area contributed by atoms with Gasteiger partial charge in [-0.2, -0.15) is 19.9 Å². The van der Waals surface area contributed by atoms with Crippen molar-refractivity contribution in [3.8, 4) is 5.88 Å². The minimum Gasteiger partial charge on any atom is -0.479 e. The number of hydrogen-bond donors (Lipinski definition) is 5. The van der Waals surface area contributed by atoms with Gasteiger partial charge in [0.05, 0.1) is 38.0 Å². The highest BCUT2D eigenvalue weighted by Gasteiger charge is 2.58. The number of carbonyl (C=O) groups excluding carboxylic acids is 1.